The van der Waals surface area contributed by atoms with E-state index in [1.807, 2.05) is 0 Å². The fourth-order valence-electron chi connectivity index (χ4n) is 3.13. The van der Waals surface area contributed by atoms with E-state index in [0.29, 0.717) is 11.7 Å². The molecule has 2 rings (SSSR count). The van der Waals surface area contributed by atoms with Crippen molar-refractivity contribution in [2.75, 3.05) is 0 Å². The Labute approximate surface area is 104 Å². The quantitative estimate of drug-likeness (QED) is 0.764. The Hall–Kier alpha value is -0.630. The van der Waals surface area contributed by atoms with Crippen molar-refractivity contribution in [1.82, 2.24) is 0 Å². The Morgan fingerprint density at radius 3 is 2.47 bits per heavy atom. The van der Waals surface area contributed by atoms with Crippen molar-refractivity contribution in [3.05, 3.63) is 12.2 Å². The summed E-state index contributed by atoms with van der Waals surface area (Å²) in [6, 6.07) is 0. The number of carbonyl (C=O) groups excluding carboxylic acids is 1. The van der Waals surface area contributed by atoms with Gasteiger partial charge in [0, 0.05) is 5.92 Å². The van der Waals surface area contributed by atoms with Crippen molar-refractivity contribution in [2.24, 2.45) is 11.8 Å². The van der Waals surface area contributed by atoms with E-state index in [2.05, 4.69) is 6.08 Å². The zero-order valence-electron chi connectivity index (χ0n) is 10.6. The van der Waals surface area contributed by atoms with Crippen LogP contribution in [0.3, 0.4) is 0 Å². The van der Waals surface area contributed by atoms with Crippen molar-refractivity contribution >= 4 is 5.78 Å². The van der Waals surface area contributed by atoms with E-state index < -0.39 is 0 Å². The maximum Gasteiger partial charge on any atom is 0.158 e. The maximum absolute atomic E-state index is 12.0. The van der Waals surface area contributed by atoms with Gasteiger partial charge in [0.2, 0.25) is 0 Å². The van der Waals surface area contributed by atoms with Gasteiger partial charge < -0.3 is 5.11 Å². The lowest BCUT2D eigenvalue weighted by molar-refractivity contribution is -0.119. The molecule has 2 aliphatic carbocycles. The minimum atomic E-state index is -0.150. The van der Waals surface area contributed by atoms with E-state index in [1.54, 1.807) is 6.08 Å². The summed E-state index contributed by atoms with van der Waals surface area (Å²) < 4.78 is 0. The molecule has 2 atom stereocenters. The summed E-state index contributed by atoms with van der Waals surface area (Å²) in [7, 11) is 0. The number of carbonyl (C=O) groups is 1. The first-order valence-electron chi connectivity index (χ1n) is 7.16. The van der Waals surface area contributed by atoms with E-state index in [4.69, 9.17) is 0 Å². The molecule has 0 spiro atoms. The standard InChI is InChI=1S/C15H24O2/c16-14-8-4-5-12(11-14)9-10-15(17)13-6-2-1-3-7-13/h9-10,12-14,16H,1-8,11H2/b10-9+/t12-,14+/m1/s1. The first kappa shape index (κ1) is 12.8. The van der Waals surface area contributed by atoms with E-state index in [1.165, 1.54) is 19.3 Å². The van der Waals surface area contributed by atoms with Gasteiger partial charge in [-0.1, -0.05) is 31.8 Å². The topological polar surface area (TPSA) is 37.3 Å². The van der Waals surface area contributed by atoms with Gasteiger partial charge in [-0.25, -0.2) is 0 Å². The molecule has 0 heterocycles. The first-order chi connectivity index (χ1) is 8.25. The third-order valence-corrected chi connectivity index (χ3v) is 4.23. The fourth-order valence-corrected chi connectivity index (χ4v) is 3.13. The predicted molar refractivity (Wildman–Crippen MR) is 68.7 cm³/mol. The summed E-state index contributed by atoms with van der Waals surface area (Å²) in [6.07, 6.45) is 13.6. The molecule has 0 bridgehead atoms. The number of rotatable bonds is 3. The molecule has 0 radical (unpaired) electrons. The molecule has 0 aromatic heterocycles. The second-order valence-electron chi connectivity index (χ2n) is 5.68. The van der Waals surface area contributed by atoms with Crippen LogP contribution in [0, 0.1) is 11.8 Å². The summed E-state index contributed by atoms with van der Waals surface area (Å²) in [5, 5.41) is 9.57. The minimum absolute atomic E-state index is 0.150. The van der Waals surface area contributed by atoms with Crippen LogP contribution in [-0.4, -0.2) is 17.0 Å². The SMILES string of the molecule is O=C(/C=C/[C@H]1CCC[C@H](O)C1)C1CCCCC1. The van der Waals surface area contributed by atoms with Gasteiger partial charge in [-0.05, 0) is 44.1 Å². The van der Waals surface area contributed by atoms with Crippen LogP contribution in [0.25, 0.3) is 0 Å². The maximum atomic E-state index is 12.0. The minimum Gasteiger partial charge on any atom is -0.393 e. The highest BCUT2D eigenvalue weighted by Crippen LogP contribution is 2.27. The smallest absolute Gasteiger partial charge is 0.158 e. The molecule has 2 saturated carbocycles. The molecule has 0 saturated heterocycles. The molecule has 2 aliphatic rings. The number of allylic oxidation sites excluding steroid dienone is 2. The second kappa shape index (κ2) is 6.34. The van der Waals surface area contributed by atoms with Gasteiger partial charge in [0.25, 0.3) is 0 Å². The van der Waals surface area contributed by atoms with Crippen LogP contribution in [0.4, 0.5) is 0 Å². The molecule has 2 fully saturated rings. The lowest BCUT2D eigenvalue weighted by Gasteiger charge is -2.23. The Balaban J connectivity index is 1.80. The van der Waals surface area contributed by atoms with Crippen molar-refractivity contribution in [2.45, 2.75) is 63.9 Å². The van der Waals surface area contributed by atoms with E-state index >= 15 is 0 Å². The predicted octanol–water partition coefficient (Wildman–Crippen LogP) is 3.24. The van der Waals surface area contributed by atoms with Crippen LogP contribution < -0.4 is 0 Å². The highest BCUT2D eigenvalue weighted by Gasteiger charge is 2.21. The van der Waals surface area contributed by atoms with E-state index in [9.17, 15) is 9.90 Å². The van der Waals surface area contributed by atoms with Crippen LogP contribution >= 0.6 is 0 Å². The third-order valence-electron chi connectivity index (χ3n) is 4.23. The number of aliphatic hydroxyl groups excluding tert-OH is 1. The molecule has 17 heavy (non-hydrogen) atoms. The summed E-state index contributed by atoms with van der Waals surface area (Å²) in [5.41, 5.74) is 0. The van der Waals surface area contributed by atoms with Gasteiger partial charge in [0.15, 0.2) is 5.78 Å². The number of ketones is 1. The lowest BCUT2D eigenvalue weighted by atomic mass is 9.84. The van der Waals surface area contributed by atoms with Crippen LogP contribution in [0.2, 0.25) is 0 Å². The van der Waals surface area contributed by atoms with Crippen molar-refractivity contribution in [3.63, 3.8) is 0 Å². The molecular formula is C15H24O2. The zero-order chi connectivity index (χ0) is 12.1. The Morgan fingerprint density at radius 2 is 1.76 bits per heavy atom. The molecular weight excluding hydrogens is 212 g/mol. The third kappa shape index (κ3) is 3.95. The molecule has 0 aromatic rings. The lowest BCUT2D eigenvalue weighted by Crippen LogP contribution is -2.19. The average Bonchev–Trinajstić information content (AvgIpc) is 2.37. The van der Waals surface area contributed by atoms with Gasteiger partial charge in [-0.15, -0.1) is 0 Å². The average molecular weight is 236 g/mol. The largest absolute Gasteiger partial charge is 0.393 e. The number of hydrogen-bond donors (Lipinski definition) is 1. The van der Waals surface area contributed by atoms with E-state index in [-0.39, 0.29) is 12.0 Å². The first-order valence-corrected chi connectivity index (χ1v) is 7.16. The molecule has 1 N–H and O–H groups in total. The van der Waals surface area contributed by atoms with E-state index in [0.717, 1.165) is 38.5 Å². The molecule has 0 aliphatic heterocycles. The van der Waals surface area contributed by atoms with Gasteiger partial charge in [-0.3, -0.25) is 4.79 Å². The summed E-state index contributed by atoms with van der Waals surface area (Å²) in [6.45, 7) is 0. The Morgan fingerprint density at radius 1 is 1.00 bits per heavy atom. The summed E-state index contributed by atoms with van der Waals surface area (Å²) in [5.74, 6) is 1.03. The highest BCUT2D eigenvalue weighted by atomic mass is 16.3. The fraction of sp³-hybridized carbons (Fsp3) is 0.800. The monoisotopic (exact) mass is 236 g/mol. The van der Waals surface area contributed by atoms with Crippen molar-refractivity contribution in [3.8, 4) is 0 Å². The van der Waals surface area contributed by atoms with Crippen LogP contribution in [-0.2, 0) is 4.79 Å². The van der Waals surface area contributed by atoms with Crippen LogP contribution in [0.15, 0.2) is 12.2 Å². The van der Waals surface area contributed by atoms with Crippen LogP contribution in [0.1, 0.15) is 57.8 Å². The van der Waals surface area contributed by atoms with Crippen LogP contribution in [0.5, 0.6) is 0 Å². The summed E-state index contributed by atoms with van der Waals surface area (Å²) in [4.78, 5) is 12.0. The molecule has 0 unspecified atom stereocenters. The molecule has 96 valence electrons. The molecule has 2 nitrogen and oxygen atoms in total. The normalized spacial score (nSPS) is 31.8. The zero-order valence-corrected chi connectivity index (χ0v) is 10.6. The molecule has 0 amide bonds. The van der Waals surface area contributed by atoms with Gasteiger partial charge >= 0.3 is 0 Å². The Kier molecular flexibility index (Phi) is 4.78. The summed E-state index contributed by atoms with van der Waals surface area (Å²) >= 11 is 0. The van der Waals surface area contributed by atoms with Gasteiger partial charge in [-0.2, -0.15) is 0 Å². The highest BCUT2D eigenvalue weighted by molar-refractivity contribution is 5.91. The van der Waals surface area contributed by atoms with Gasteiger partial charge in [0.1, 0.15) is 0 Å². The molecule has 2 heteroatoms. The number of aliphatic hydroxyl groups is 1. The van der Waals surface area contributed by atoms with Gasteiger partial charge in [0.05, 0.1) is 6.10 Å². The Bertz CT molecular complexity index is 277. The van der Waals surface area contributed by atoms with Crippen molar-refractivity contribution < 1.29 is 9.90 Å². The number of hydrogen-bond acceptors (Lipinski definition) is 2. The van der Waals surface area contributed by atoms with Crippen molar-refractivity contribution in [1.29, 1.82) is 0 Å². The second-order valence-corrected chi connectivity index (χ2v) is 5.68. The molecule has 0 aromatic carbocycles.